The third kappa shape index (κ3) is 2.60. The molecular formula is C13H9FO3. The van der Waals surface area contributed by atoms with Gasteiger partial charge in [-0.25, -0.2) is 9.18 Å². The zero-order chi connectivity index (χ0) is 12.3. The molecular weight excluding hydrogens is 223 g/mol. The summed E-state index contributed by atoms with van der Waals surface area (Å²) in [5.41, 5.74) is 0.482. The largest absolute Gasteiger partial charge is 0.478 e. The maximum Gasteiger partial charge on any atom is 0.336 e. The van der Waals surface area contributed by atoms with Gasteiger partial charge in [-0.15, -0.1) is 0 Å². The van der Waals surface area contributed by atoms with E-state index in [2.05, 4.69) is 0 Å². The minimum Gasteiger partial charge on any atom is -0.478 e. The van der Waals surface area contributed by atoms with Crippen molar-refractivity contribution in [2.24, 2.45) is 0 Å². The van der Waals surface area contributed by atoms with E-state index >= 15 is 0 Å². The van der Waals surface area contributed by atoms with Crippen LogP contribution in [0.4, 0.5) is 4.39 Å². The second-order valence-corrected chi connectivity index (χ2v) is 3.39. The maximum absolute atomic E-state index is 12.7. The van der Waals surface area contributed by atoms with Crippen LogP contribution in [-0.4, -0.2) is 11.1 Å². The van der Waals surface area contributed by atoms with E-state index in [1.54, 1.807) is 12.1 Å². The first-order valence-electron chi connectivity index (χ1n) is 4.91. The Hall–Kier alpha value is -2.36. The first-order chi connectivity index (χ1) is 8.16. The third-order valence-electron chi connectivity index (χ3n) is 2.22. The summed E-state index contributed by atoms with van der Waals surface area (Å²) in [6.07, 6.45) is 2.85. The summed E-state index contributed by atoms with van der Waals surface area (Å²) >= 11 is 0. The molecule has 0 bridgehead atoms. The quantitative estimate of drug-likeness (QED) is 0.827. The lowest BCUT2D eigenvalue weighted by Crippen LogP contribution is -1.99. The van der Waals surface area contributed by atoms with Gasteiger partial charge in [0.25, 0.3) is 0 Å². The number of aliphatic carboxylic acids is 1. The van der Waals surface area contributed by atoms with E-state index in [0.29, 0.717) is 11.3 Å². The molecule has 1 heterocycles. The van der Waals surface area contributed by atoms with Crippen molar-refractivity contribution in [3.63, 3.8) is 0 Å². The molecule has 0 atom stereocenters. The van der Waals surface area contributed by atoms with Gasteiger partial charge in [-0.05, 0) is 35.9 Å². The van der Waals surface area contributed by atoms with Crippen LogP contribution in [0.5, 0.6) is 0 Å². The number of benzene rings is 1. The van der Waals surface area contributed by atoms with Gasteiger partial charge in [0.1, 0.15) is 11.6 Å². The molecule has 2 rings (SSSR count). The number of carboxylic acid groups (broad SMARTS) is 1. The smallest absolute Gasteiger partial charge is 0.336 e. The molecule has 0 fully saturated rings. The average Bonchev–Trinajstić information content (AvgIpc) is 2.80. The number of furan rings is 1. The van der Waals surface area contributed by atoms with E-state index in [1.165, 1.54) is 36.6 Å². The monoisotopic (exact) mass is 232 g/mol. The maximum atomic E-state index is 12.7. The number of hydrogen-bond donors (Lipinski definition) is 1. The van der Waals surface area contributed by atoms with Gasteiger partial charge in [0.15, 0.2) is 0 Å². The number of hydrogen-bond acceptors (Lipinski definition) is 2. The number of carboxylic acids is 1. The van der Waals surface area contributed by atoms with Crippen LogP contribution in [-0.2, 0) is 4.79 Å². The van der Waals surface area contributed by atoms with Crippen LogP contribution in [0.15, 0.2) is 47.1 Å². The molecule has 86 valence electrons. The Kier molecular flexibility index (Phi) is 3.05. The van der Waals surface area contributed by atoms with Crippen molar-refractivity contribution in [3.05, 3.63) is 59.8 Å². The van der Waals surface area contributed by atoms with Gasteiger partial charge in [0.2, 0.25) is 0 Å². The summed E-state index contributed by atoms with van der Waals surface area (Å²) in [5, 5.41) is 9.09. The highest BCUT2D eigenvalue weighted by molar-refractivity contribution is 6.20. The van der Waals surface area contributed by atoms with Crippen molar-refractivity contribution in [3.8, 4) is 0 Å². The van der Waals surface area contributed by atoms with Crippen molar-refractivity contribution in [2.75, 3.05) is 0 Å². The fraction of sp³-hybridized carbons (Fsp3) is 0. The molecule has 0 aliphatic rings. The molecule has 0 aliphatic carbocycles. The minimum absolute atomic E-state index is 0.0555. The summed E-state index contributed by atoms with van der Waals surface area (Å²) < 4.78 is 17.8. The molecule has 0 saturated carbocycles. The SMILES string of the molecule is O=C(O)/C(=C/c1ccco1)c1ccc(F)cc1. The predicted octanol–water partition coefficient (Wildman–Crippen LogP) is 3.04. The van der Waals surface area contributed by atoms with Gasteiger partial charge in [-0.3, -0.25) is 0 Å². The second-order valence-electron chi connectivity index (χ2n) is 3.39. The fourth-order valence-electron chi connectivity index (χ4n) is 1.41. The van der Waals surface area contributed by atoms with E-state index in [0.717, 1.165) is 0 Å². The molecule has 0 radical (unpaired) electrons. The topological polar surface area (TPSA) is 50.4 Å². The molecule has 1 aromatic carbocycles. The lowest BCUT2D eigenvalue weighted by atomic mass is 10.1. The van der Waals surface area contributed by atoms with Crippen LogP contribution in [0.1, 0.15) is 11.3 Å². The van der Waals surface area contributed by atoms with E-state index in [9.17, 15) is 9.18 Å². The van der Waals surface area contributed by atoms with E-state index < -0.39 is 11.8 Å². The minimum atomic E-state index is -1.09. The molecule has 0 amide bonds. The highest BCUT2D eigenvalue weighted by atomic mass is 19.1. The Labute approximate surface area is 96.8 Å². The van der Waals surface area contributed by atoms with Gasteiger partial charge in [-0.1, -0.05) is 12.1 Å². The molecule has 0 aliphatic heterocycles. The Bertz CT molecular complexity index is 539. The van der Waals surface area contributed by atoms with Crippen LogP contribution in [0, 0.1) is 5.82 Å². The lowest BCUT2D eigenvalue weighted by Gasteiger charge is -2.01. The van der Waals surface area contributed by atoms with Gasteiger partial charge in [0.05, 0.1) is 11.8 Å². The van der Waals surface area contributed by atoms with E-state index in [4.69, 9.17) is 9.52 Å². The number of rotatable bonds is 3. The standard InChI is InChI=1S/C13H9FO3/c14-10-5-3-9(4-6-10)12(13(15)16)8-11-2-1-7-17-11/h1-8H,(H,15,16)/b12-8+. The van der Waals surface area contributed by atoms with Crippen molar-refractivity contribution >= 4 is 17.6 Å². The normalized spacial score (nSPS) is 11.5. The molecule has 1 N–H and O–H groups in total. The molecule has 0 spiro atoms. The van der Waals surface area contributed by atoms with Crippen molar-refractivity contribution in [1.29, 1.82) is 0 Å². The van der Waals surface area contributed by atoms with Crippen molar-refractivity contribution in [1.82, 2.24) is 0 Å². The highest BCUT2D eigenvalue weighted by Crippen LogP contribution is 2.19. The van der Waals surface area contributed by atoms with E-state index in [1.807, 2.05) is 0 Å². The van der Waals surface area contributed by atoms with E-state index in [-0.39, 0.29) is 5.57 Å². The van der Waals surface area contributed by atoms with Gasteiger partial charge in [0, 0.05) is 0 Å². The Morgan fingerprint density at radius 1 is 1.24 bits per heavy atom. The summed E-state index contributed by atoms with van der Waals surface area (Å²) in [5.74, 6) is -1.06. The first-order valence-corrected chi connectivity index (χ1v) is 4.91. The van der Waals surface area contributed by atoms with Crippen molar-refractivity contribution < 1.29 is 18.7 Å². The first kappa shape index (κ1) is 11.1. The molecule has 2 aromatic rings. The Morgan fingerprint density at radius 3 is 2.47 bits per heavy atom. The fourth-order valence-corrected chi connectivity index (χ4v) is 1.41. The summed E-state index contributed by atoms with van der Waals surface area (Å²) in [6.45, 7) is 0. The summed E-state index contributed by atoms with van der Waals surface area (Å²) in [6, 6.07) is 8.57. The van der Waals surface area contributed by atoms with Crippen molar-refractivity contribution in [2.45, 2.75) is 0 Å². The molecule has 17 heavy (non-hydrogen) atoms. The number of halogens is 1. The average molecular weight is 232 g/mol. The Morgan fingerprint density at radius 2 is 1.94 bits per heavy atom. The van der Waals surface area contributed by atoms with Crippen LogP contribution in [0.2, 0.25) is 0 Å². The van der Waals surface area contributed by atoms with Crippen LogP contribution < -0.4 is 0 Å². The molecule has 3 nitrogen and oxygen atoms in total. The lowest BCUT2D eigenvalue weighted by molar-refractivity contribution is -0.130. The van der Waals surface area contributed by atoms with Gasteiger partial charge < -0.3 is 9.52 Å². The third-order valence-corrected chi connectivity index (χ3v) is 2.22. The van der Waals surface area contributed by atoms with Gasteiger partial charge in [-0.2, -0.15) is 0 Å². The van der Waals surface area contributed by atoms with Crippen LogP contribution in [0.25, 0.3) is 11.6 Å². The number of carbonyl (C=O) groups is 1. The predicted molar refractivity (Wildman–Crippen MR) is 60.6 cm³/mol. The van der Waals surface area contributed by atoms with Crippen LogP contribution >= 0.6 is 0 Å². The highest BCUT2D eigenvalue weighted by Gasteiger charge is 2.11. The molecule has 0 unspecified atom stereocenters. The summed E-state index contributed by atoms with van der Waals surface area (Å²) in [7, 11) is 0. The second kappa shape index (κ2) is 4.65. The zero-order valence-corrected chi connectivity index (χ0v) is 8.76. The molecule has 4 heteroatoms. The van der Waals surface area contributed by atoms with Gasteiger partial charge >= 0.3 is 5.97 Å². The van der Waals surface area contributed by atoms with Crippen LogP contribution in [0.3, 0.4) is 0 Å². The summed E-state index contributed by atoms with van der Waals surface area (Å²) in [4.78, 5) is 11.1. The molecule has 1 aromatic heterocycles. The Balaban J connectivity index is 2.43. The zero-order valence-electron chi connectivity index (χ0n) is 8.76. The molecule has 0 saturated heterocycles.